The fourth-order valence-electron chi connectivity index (χ4n) is 3.00. The minimum Gasteiger partial charge on any atom is -0.422 e. The summed E-state index contributed by atoms with van der Waals surface area (Å²) in [6.45, 7) is 4.30. The van der Waals surface area contributed by atoms with Gasteiger partial charge in [0.15, 0.2) is 0 Å². The highest BCUT2D eigenvalue weighted by atomic mass is 16.4. The standard InChI is InChI=1S/C19H20O2/c1-3-4-5-8-14-12-18(20)21-19-16-10-7-6-9-15(16)13(2)11-17(14)19/h6-7,9-12H,3-5,8H2,1-2H3. The Morgan fingerprint density at radius 3 is 2.52 bits per heavy atom. The van der Waals surface area contributed by atoms with Crippen LogP contribution in [0.1, 0.15) is 37.3 Å². The molecule has 3 aromatic rings. The number of fused-ring (bicyclic) bond motifs is 3. The Hall–Kier alpha value is -2.09. The summed E-state index contributed by atoms with van der Waals surface area (Å²) in [5, 5.41) is 3.27. The van der Waals surface area contributed by atoms with E-state index in [2.05, 4.69) is 26.0 Å². The second kappa shape index (κ2) is 5.72. The average molecular weight is 280 g/mol. The summed E-state index contributed by atoms with van der Waals surface area (Å²) >= 11 is 0. The molecule has 108 valence electrons. The molecule has 21 heavy (non-hydrogen) atoms. The van der Waals surface area contributed by atoms with Gasteiger partial charge in [0.25, 0.3) is 0 Å². The van der Waals surface area contributed by atoms with Gasteiger partial charge in [0.1, 0.15) is 5.58 Å². The lowest BCUT2D eigenvalue weighted by atomic mass is 9.97. The van der Waals surface area contributed by atoms with E-state index in [9.17, 15) is 4.79 Å². The molecule has 1 heterocycles. The first-order valence-corrected chi connectivity index (χ1v) is 7.66. The van der Waals surface area contributed by atoms with Crippen LogP contribution < -0.4 is 5.63 Å². The molecule has 0 fully saturated rings. The number of benzene rings is 2. The number of rotatable bonds is 4. The molecule has 0 bridgehead atoms. The van der Waals surface area contributed by atoms with E-state index in [1.807, 2.05) is 18.2 Å². The lowest BCUT2D eigenvalue weighted by molar-refractivity contribution is 0.561. The fraction of sp³-hybridized carbons (Fsp3) is 0.316. The van der Waals surface area contributed by atoms with Gasteiger partial charge < -0.3 is 4.42 Å². The zero-order valence-electron chi connectivity index (χ0n) is 12.6. The van der Waals surface area contributed by atoms with Crippen LogP contribution in [-0.2, 0) is 6.42 Å². The molecule has 0 amide bonds. The van der Waals surface area contributed by atoms with Gasteiger partial charge >= 0.3 is 5.63 Å². The van der Waals surface area contributed by atoms with Crippen molar-refractivity contribution in [3.8, 4) is 0 Å². The molecule has 0 saturated heterocycles. The SMILES string of the molecule is CCCCCc1cc(=O)oc2c1cc(C)c1ccccc12. The summed E-state index contributed by atoms with van der Waals surface area (Å²) < 4.78 is 5.52. The third-order valence-electron chi connectivity index (χ3n) is 4.09. The van der Waals surface area contributed by atoms with Crippen molar-refractivity contribution >= 4 is 21.7 Å². The van der Waals surface area contributed by atoms with Gasteiger partial charge in [-0.1, -0.05) is 44.0 Å². The number of hydrogen-bond donors (Lipinski definition) is 0. The Balaban J connectivity index is 2.27. The highest BCUT2D eigenvalue weighted by Crippen LogP contribution is 2.30. The van der Waals surface area contributed by atoms with E-state index >= 15 is 0 Å². The topological polar surface area (TPSA) is 30.2 Å². The van der Waals surface area contributed by atoms with Crippen molar-refractivity contribution < 1.29 is 4.42 Å². The Morgan fingerprint density at radius 1 is 1.00 bits per heavy atom. The third kappa shape index (κ3) is 2.58. The van der Waals surface area contributed by atoms with Crippen molar-refractivity contribution in [2.75, 3.05) is 0 Å². The van der Waals surface area contributed by atoms with E-state index in [0.717, 1.165) is 40.1 Å². The van der Waals surface area contributed by atoms with Crippen molar-refractivity contribution in [2.45, 2.75) is 39.5 Å². The molecule has 0 N–H and O–H groups in total. The summed E-state index contributed by atoms with van der Waals surface area (Å²) in [7, 11) is 0. The lowest BCUT2D eigenvalue weighted by Crippen LogP contribution is -2.01. The van der Waals surface area contributed by atoms with Gasteiger partial charge in [0.2, 0.25) is 0 Å². The second-order valence-corrected chi connectivity index (χ2v) is 5.66. The van der Waals surface area contributed by atoms with Gasteiger partial charge in [-0.25, -0.2) is 4.79 Å². The van der Waals surface area contributed by atoms with Gasteiger partial charge in [-0.2, -0.15) is 0 Å². The molecule has 0 unspecified atom stereocenters. The van der Waals surface area contributed by atoms with Gasteiger partial charge in [0, 0.05) is 16.8 Å². The van der Waals surface area contributed by atoms with E-state index in [1.165, 1.54) is 18.4 Å². The van der Waals surface area contributed by atoms with Gasteiger partial charge in [-0.05, 0) is 42.3 Å². The quantitative estimate of drug-likeness (QED) is 0.383. The third-order valence-corrected chi connectivity index (χ3v) is 4.09. The van der Waals surface area contributed by atoms with Crippen molar-refractivity contribution in [1.29, 1.82) is 0 Å². The maximum atomic E-state index is 11.9. The molecule has 0 saturated carbocycles. The summed E-state index contributed by atoms with van der Waals surface area (Å²) in [5.41, 5.74) is 2.82. The zero-order chi connectivity index (χ0) is 14.8. The van der Waals surface area contributed by atoms with Crippen LogP contribution in [-0.4, -0.2) is 0 Å². The normalized spacial score (nSPS) is 11.3. The predicted molar refractivity (Wildman–Crippen MR) is 88.0 cm³/mol. The van der Waals surface area contributed by atoms with Gasteiger partial charge in [-0.15, -0.1) is 0 Å². The molecule has 0 atom stereocenters. The molecule has 2 heteroatoms. The van der Waals surface area contributed by atoms with Gasteiger partial charge in [0.05, 0.1) is 0 Å². The maximum Gasteiger partial charge on any atom is 0.336 e. The predicted octanol–water partition coefficient (Wildman–Crippen LogP) is 4.99. The number of hydrogen-bond acceptors (Lipinski definition) is 2. The summed E-state index contributed by atoms with van der Waals surface area (Å²) in [6.07, 6.45) is 4.42. The molecule has 0 aliphatic heterocycles. The van der Waals surface area contributed by atoms with E-state index < -0.39 is 0 Å². The molecule has 2 nitrogen and oxygen atoms in total. The molecule has 2 aromatic carbocycles. The largest absolute Gasteiger partial charge is 0.422 e. The highest BCUT2D eigenvalue weighted by molar-refractivity contribution is 6.06. The highest BCUT2D eigenvalue weighted by Gasteiger charge is 2.10. The molecule has 3 rings (SSSR count). The van der Waals surface area contributed by atoms with Crippen LogP contribution >= 0.6 is 0 Å². The fourth-order valence-corrected chi connectivity index (χ4v) is 3.00. The van der Waals surface area contributed by atoms with E-state index in [4.69, 9.17) is 4.42 Å². The number of aryl methyl sites for hydroxylation is 2. The average Bonchev–Trinajstić information content (AvgIpc) is 2.49. The second-order valence-electron chi connectivity index (χ2n) is 5.66. The van der Waals surface area contributed by atoms with Crippen molar-refractivity contribution in [2.24, 2.45) is 0 Å². The van der Waals surface area contributed by atoms with Crippen LogP contribution in [0.2, 0.25) is 0 Å². The van der Waals surface area contributed by atoms with Crippen LogP contribution in [0.4, 0.5) is 0 Å². The Bertz CT molecular complexity index is 843. The Morgan fingerprint density at radius 2 is 1.76 bits per heavy atom. The molecular formula is C19H20O2. The van der Waals surface area contributed by atoms with Crippen molar-refractivity contribution in [3.05, 3.63) is 57.9 Å². The molecule has 1 aromatic heterocycles. The van der Waals surface area contributed by atoms with E-state index in [1.54, 1.807) is 6.07 Å². The van der Waals surface area contributed by atoms with Crippen LogP contribution in [0.15, 0.2) is 45.6 Å². The summed E-state index contributed by atoms with van der Waals surface area (Å²) in [6, 6.07) is 11.9. The molecule has 0 aliphatic carbocycles. The number of unbranched alkanes of at least 4 members (excludes halogenated alkanes) is 2. The summed E-state index contributed by atoms with van der Waals surface area (Å²) in [5.74, 6) is 0. The van der Waals surface area contributed by atoms with E-state index in [0.29, 0.717) is 0 Å². The Kier molecular flexibility index (Phi) is 3.78. The first kappa shape index (κ1) is 13.9. The maximum absolute atomic E-state index is 11.9. The van der Waals surface area contributed by atoms with Crippen molar-refractivity contribution in [3.63, 3.8) is 0 Å². The smallest absolute Gasteiger partial charge is 0.336 e. The monoisotopic (exact) mass is 280 g/mol. The summed E-state index contributed by atoms with van der Waals surface area (Å²) in [4.78, 5) is 11.9. The molecule has 0 aliphatic rings. The molecular weight excluding hydrogens is 260 g/mol. The molecule has 0 radical (unpaired) electrons. The van der Waals surface area contributed by atoms with Crippen LogP contribution in [0.3, 0.4) is 0 Å². The first-order valence-electron chi connectivity index (χ1n) is 7.66. The van der Waals surface area contributed by atoms with Crippen LogP contribution in [0.25, 0.3) is 21.7 Å². The molecule has 0 spiro atoms. The van der Waals surface area contributed by atoms with E-state index in [-0.39, 0.29) is 5.63 Å². The van der Waals surface area contributed by atoms with Crippen molar-refractivity contribution in [1.82, 2.24) is 0 Å². The van der Waals surface area contributed by atoms with Gasteiger partial charge in [-0.3, -0.25) is 0 Å². The Labute approximate surface area is 124 Å². The van der Waals surface area contributed by atoms with Crippen LogP contribution in [0, 0.1) is 6.92 Å². The van der Waals surface area contributed by atoms with Crippen LogP contribution in [0.5, 0.6) is 0 Å². The zero-order valence-corrected chi connectivity index (χ0v) is 12.6. The minimum atomic E-state index is -0.247. The first-order chi connectivity index (χ1) is 10.2. The minimum absolute atomic E-state index is 0.247. The lowest BCUT2D eigenvalue weighted by Gasteiger charge is -2.10.